The van der Waals surface area contributed by atoms with E-state index in [9.17, 15) is 9.59 Å². The molecule has 1 aliphatic rings. The third kappa shape index (κ3) is 3.63. The second kappa shape index (κ2) is 7.87. The number of esters is 1. The fraction of sp³-hybridized carbons (Fsp3) is 0.273. The Morgan fingerprint density at radius 1 is 1.07 bits per heavy atom. The first kappa shape index (κ1) is 18.9. The number of ether oxygens (including phenoxy) is 4. The monoisotopic (exact) mass is 396 g/mol. The Kier molecular flexibility index (Phi) is 5.12. The molecule has 4 rings (SSSR count). The van der Waals surface area contributed by atoms with E-state index in [-0.39, 0.29) is 12.0 Å². The highest BCUT2D eigenvalue weighted by Gasteiger charge is 2.19. The van der Waals surface area contributed by atoms with Crippen LogP contribution < -0.4 is 19.6 Å². The van der Waals surface area contributed by atoms with Crippen molar-refractivity contribution in [3.63, 3.8) is 0 Å². The first-order valence-electron chi connectivity index (χ1n) is 9.30. The quantitative estimate of drug-likeness (QED) is 0.612. The molecule has 0 radical (unpaired) electrons. The minimum Gasteiger partial charge on any atom is -0.486 e. The Morgan fingerprint density at radius 2 is 1.86 bits per heavy atom. The van der Waals surface area contributed by atoms with Crippen molar-refractivity contribution in [1.29, 1.82) is 0 Å². The lowest BCUT2D eigenvalue weighted by Crippen LogP contribution is -2.15. The number of carbonyl (C=O) groups excluding carboxylic acids is 1. The standard InChI is InChI=1S/C22H20O7/c1-3-16-21(13-4-7-17-19(10-13)27-9-8-26-17)22(24)15-6-5-14(11-18(15)29-16)28-12-20(23)25-2/h4-7,10-11H,3,8-9,12H2,1-2H3. The van der Waals surface area contributed by atoms with Crippen LogP contribution in [-0.4, -0.2) is 32.9 Å². The molecule has 2 heterocycles. The maximum atomic E-state index is 13.3. The molecule has 3 aromatic rings. The summed E-state index contributed by atoms with van der Waals surface area (Å²) in [5.41, 5.74) is 1.47. The van der Waals surface area contributed by atoms with Crippen molar-refractivity contribution >= 4 is 16.9 Å². The zero-order chi connectivity index (χ0) is 20.4. The van der Waals surface area contributed by atoms with Crippen LogP contribution in [0.25, 0.3) is 22.1 Å². The van der Waals surface area contributed by atoms with Gasteiger partial charge in [-0.05, 0) is 29.8 Å². The van der Waals surface area contributed by atoms with Gasteiger partial charge in [-0.25, -0.2) is 4.79 Å². The van der Waals surface area contributed by atoms with E-state index in [0.717, 1.165) is 0 Å². The number of fused-ring (bicyclic) bond motifs is 2. The third-order valence-corrected chi connectivity index (χ3v) is 4.67. The summed E-state index contributed by atoms with van der Waals surface area (Å²) in [6, 6.07) is 10.3. The molecule has 0 unspecified atom stereocenters. The van der Waals surface area contributed by atoms with Gasteiger partial charge in [0.05, 0.1) is 18.1 Å². The van der Waals surface area contributed by atoms with Crippen LogP contribution in [0.5, 0.6) is 17.2 Å². The molecule has 0 N–H and O–H groups in total. The van der Waals surface area contributed by atoms with Crippen LogP contribution in [0.2, 0.25) is 0 Å². The van der Waals surface area contributed by atoms with Gasteiger partial charge in [-0.15, -0.1) is 0 Å². The largest absolute Gasteiger partial charge is 0.486 e. The molecule has 150 valence electrons. The Morgan fingerprint density at radius 3 is 2.62 bits per heavy atom. The molecule has 0 fully saturated rings. The second-order valence-corrected chi connectivity index (χ2v) is 6.46. The lowest BCUT2D eigenvalue weighted by Gasteiger charge is -2.19. The van der Waals surface area contributed by atoms with Gasteiger partial charge in [0.1, 0.15) is 30.3 Å². The molecule has 2 aromatic carbocycles. The summed E-state index contributed by atoms with van der Waals surface area (Å²) in [5, 5.41) is 0.428. The fourth-order valence-corrected chi connectivity index (χ4v) is 3.25. The lowest BCUT2D eigenvalue weighted by atomic mass is 10.0. The van der Waals surface area contributed by atoms with Gasteiger partial charge < -0.3 is 23.4 Å². The minimum atomic E-state index is -0.491. The van der Waals surface area contributed by atoms with Crippen LogP contribution in [-0.2, 0) is 16.0 Å². The van der Waals surface area contributed by atoms with Gasteiger partial charge in [0, 0.05) is 12.5 Å². The highest BCUT2D eigenvalue weighted by atomic mass is 16.6. The first-order chi connectivity index (χ1) is 14.1. The molecular weight excluding hydrogens is 376 g/mol. The van der Waals surface area contributed by atoms with Gasteiger partial charge in [-0.1, -0.05) is 13.0 Å². The van der Waals surface area contributed by atoms with Crippen molar-refractivity contribution in [2.24, 2.45) is 0 Å². The van der Waals surface area contributed by atoms with Crippen molar-refractivity contribution < 1.29 is 28.2 Å². The molecule has 0 saturated heterocycles. The summed E-state index contributed by atoms with van der Waals surface area (Å²) in [6.45, 7) is 2.67. The van der Waals surface area contributed by atoms with E-state index in [1.807, 2.05) is 13.0 Å². The molecule has 1 aromatic heterocycles. The third-order valence-electron chi connectivity index (χ3n) is 4.67. The lowest BCUT2D eigenvalue weighted by molar-refractivity contribution is -0.142. The van der Waals surface area contributed by atoms with Gasteiger partial charge in [0.2, 0.25) is 5.43 Å². The van der Waals surface area contributed by atoms with Crippen LogP contribution in [0.3, 0.4) is 0 Å². The number of hydrogen-bond donors (Lipinski definition) is 0. The van der Waals surface area contributed by atoms with Crippen molar-refractivity contribution in [3.05, 3.63) is 52.4 Å². The molecule has 0 amide bonds. The molecule has 0 saturated carbocycles. The molecule has 7 heteroatoms. The number of benzene rings is 2. The van der Waals surface area contributed by atoms with E-state index < -0.39 is 5.97 Å². The summed E-state index contributed by atoms with van der Waals surface area (Å²) < 4.78 is 27.2. The van der Waals surface area contributed by atoms with E-state index >= 15 is 0 Å². The van der Waals surface area contributed by atoms with Crippen LogP contribution in [0.15, 0.2) is 45.6 Å². The molecule has 0 spiro atoms. The van der Waals surface area contributed by atoms with Crippen LogP contribution in [0, 0.1) is 0 Å². The molecule has 7 nitrogen and oxygen atoms in total. The van der Waals surface area contributed by atoms with Gasteiger partial charge in [-0.3, -0.25) is 4.79 Å². The maximum Gasteiger partial charge on any atom is 0.343 e. The predicted molar refractivity (Wildman–Crippen MR) is 106 cm³/mol. The summed E-state index contributed by atoms with van der Waals surface area (Å²) >= 11 is 0. The number of methoxy groups -OCH3 is 1. The minimum absolute atomic E-state index is 0.140. The summed E-state index contributed by atoms with van der Waals surface area (Å²) in [5.74, 6) is 1.76. The van der Waals surface area contributed by atoms with Crippen LogP contribution in [0.1, 0.15) is 12.7 Å². The predicted octanol–water partition coefficient (Wildman–Crippen LogP) is 3.35. The Hall–Kier alpha value is -3.48. The van der Waals surface area contributed by atoms with Gasteiger partial charge in [0.25, 0.3) is 0 Å². The molecule has 0 bridgehead atoms. The Labute approximate surface area is 166 Å². The Balaban J connectivity index is 1.78. The zero-order valence-electron chi connectivity index (χ0n) is 16.2. The zero-order valence-corrected chi connectivity index (χ0v) is 16.2. The smallest absolute Gasteiger partial charge is 0.343 e. The fourth-order valence-electron chi connectivity index (χ4n) is 3.25. The molecule has 29 heavy (non-hydrogen) atoms. The molecule has 0 aliphatic carbocycles. The van der Waals surface area contributed by atoms with Crippen molar-refractivity contribution in [1.82, 2.24) is 0 Å². The van der Waals surface area contributed by atoms with Gasteiger partial charge >= 0.3 is 5.97 Å². The number of hydrogen-bond acceptors (Lipinski definition) is 7. The second-order valence-electron chi connectivity index (χ2n) is 6.46. The van der Waals surface area contributed by atoms with Crippen LogP contribution >= 0.6 is 0 Å². The van der Waals surface area contributed by atoms with E-state index in [4.69, 9.17) is 18.6 Å². The average Bonchev–Trinajstić information content (AvgIpc) is 2.76. The number of rotatable bonds is 5. The number of carbonyl (C=O) groups is 1. The summed E-state index contributed by atoms with van der Waals surface area (Å²) in [7, 11) is 1.29. The van der Waals surface area contributed by atoms with Gasteiger partial charge in [-0.2, -0.15) is 0 Å². The maximum absolute atomic E-state index is 13.3. The molecule has 1 aliphatic heterocycles. The first-order valence-corrected chi connectivity index (χ1v) is 9.30. The van der Waals surface area contributed by atoms with E-state index in [2.05, 4.69) is 4.74 Å². The van der Waals surface area contributed by atoms with E-state index in [1.165, 1.54) is 7.11 Å². The van der Waals surface area contributed by atoms with Crippen molar-refractivity contribution in [2.45, 2.75) is 13.3 Å². The van der Waals surface area contributed by atoms with Crippen molar-refractivity contribution in [2.75, 3.05) is 26.9 Å². The topological polar surface area (TPSA) is 84.2 Å². The summed E-state index contributed by atoms with van der Waals surface area (Å²) in [4.78, 5) is 24.5. The SMILES string of the molecule is CCc1oc2cc(OCC(=O)OC)ccc2c(=O)c1-c1ccc2c(c1)OCCO2. The van der Waals surface area contributed by atoms with E-state index in [1.54, 1.807) is 30.3 Å². The molecular formula is C22H20O7. The van der Waals surface area contributed by atoms with Crippen molar-refractivity contribution in [3.8, 4) is 28.4 Å². The highest BCUT2D eigenvalue weighted by molar-refractivity contribution is 5.84. The number of aryl methyl sites for hydroxylation is 1. The Bertz CT molecular complexity index is 1130. The normalized spacial score (nSPS) is 12.6. The van der Waals surface area contributed by atoms with E-state index in [0.29, 0.717) is 64.7 Å². The van der Waals surface area contributed by atoms with Gasteiger partial charge in [0.15, 0.2) is 18.1 Å². The average molecular weight is 396 g/mol. The summed E-state index contributed by atoms with van der Waals surface area (Å²) in [6.07, 6.45) is 0.530. The highest BCUT2D eigenvalue weighted by Crippen LogP contribution is 2.35. The van der Waals surface area contributed by atoms with Crippen LogP contribution in [0.4, 0.5) is 0 Å². The molecule has 0 atom stereocenters.